The molecule has 0 nitrogen and oxygen atoms in total. The molecule has 0 saturated heterocycles. The average Bonchev–Trinajstić information content (AvgIpc) is 0. The van der Waals surface area contributed by atoms with Crippen LogP contribution in [0.5, 0.6) is 0 Å². The minimum absolute atomic E-state index is 0. The second kappa shape index (κ2) is 28.0. The predicted octanol–water partition coefficient (Wildman–Crippen LogP) is -12.4. The molecule has 0 aromatic carbocycles. The predicted molar refractivity (Wildman–Crippen MR) is 5.75 cm³/mol. The Labute approximate surface area is 111 Å². The van der Waals surface area contributed by atoms with Crippen molar-refractivity contribution in [1.29, 1.82) is 0 Å². The number of halogens is 3. The smallest absolute Gasteiger partial charge is 1.00 e. The summed E-state index contributed by atoms with van der Waals surface area (Å²) in [6, 6.07) is 0. The molecule has 5 heteroatoms. The van der Waals surface area contributed by atoms with Gasteiger partial charge in [0.1, 0.15) is 0 Å². The van der Waals surface area contributed by atoms with Crippen LogP contribution >= 0.6 is 0 Å². The minimum atomic E-state index is 0. The molecule has 0 fully saturated rings. The molecule has 0 atom stereocenters. The molecule has 0 spiro atoms. The van der Waals surface area contributed by atoms with E-state index in [1.165, 1.54) is 0 Å². The van der Waals surface area contributed by atoms with Crippen molar-refractivity contribution < 1.29 is 65.5 Å². The molecule has 0 aliphatic rings. The normalized spacial score (nSPS) is 0. The van der Waals surface area contributed by atoms with Gasteiger partial charge in [0.25, 0.3) is 0 Å². The first-order valence-corrected chi connectivity index (χ1v) is 0. The number of hydrogen-bond donors (Lipinski definition) is 0. The van der Waals surface area contributed by atoms with Crippen LogP contribution in [0.1, 0.15) is 0 Å². The van der Waals surface area contributed by atoms with E-state index in [9.17, 15) is 0 Å². The molecule has 0 aromatic heterocycles. The second-order valence-corrected chi connectivity index (χ2v) is 0. The molecule has 5 heavy (non-hydrogen) atoms. The zero-order valence-corrected chi connectivity index (χ0v) is 10.4. The van der Waals surface area contributed by atoms with Crippen LogP contribution < -0.4 is 65.5 Å². The van der Waals surface area contributed by atoms with E-state index in [0.29, 0.717) is 0 Å². The molecule has 0 aliphatic carbocycles. The maximum atomic E-state index is 0. The van der Waals surface area contributed by atoms with Gasteiger partial charge in [0.2, 0.25) is 0 Å². The first-order chi connectivity index (χ1) is 0. The fourth-order valence-corrected chi connectivity index (χ4v) is 0. The number of rotatable bonds is 0. The summed E-state index contributed by atoms with van der Waals surface area (Å²) < 4.78 is 0. The summed E-state index contributed by atoms with van der Waals surface area (Å²) in [5, 5.41) is 0. The maximum Gasteiger partial charge on any atom is 2.00 e. The second-order valence-electron chi connectivity index (χ2n) is 0. The van der Waals surface area contributed by atoms with Crippen molar-refractivity contribution in [3.05, 3.63) is 0 Å². The minimum Gasteiger partial charge on any atom is -1.00 e. The quantitative estimate of drug-likeness (QED) is 0.365. The van der Waals surface area contributed by atoms with E-state index < -0.39 is 0 Å². The zero-order valence-electron chi connectivity index (χ0n) is 2.84. The summed E-state index contributed by atoms with van der Waals surface area (Å²) in [6.45, 7) is 0. The summed E-state index contributed by atoms with van der Waals surface area (Å²) in [6.07, 6.45) is 0. The van der Waals surface area contributed by atoms with Crippen molar-refractivity contribution in [1.82, 2.24) is 0 Å². The Morgan fingerprint density at radius 3 is 0.600 bits per heavy atom. The molecule has 0 aromatic rings. The van der Waals surface area contributed by atoms with Gasteiger partial charge in [0.15, 0.2) is 0 Å². The topological polar surface area (TPSA) is 0 Å². The molecule has 0 N–H and O–H groups in total. The van der Waals surface area contributed by atoms with Crippen LogP contribution in [0, 0.1) is 0 Å². The molecule has 0 radical (unpaired) electrons. The Balaban J connectivity index is 0. The summed E-state index contributed by atoms with van der Waals surface area (Å²) >= 11 is 0. The van der Waals surface area contributed by atoms with Gasteiger partial charge in [-0.25, -0.2) is 0 Å². The van der Waals surface area contributed by atoms with E-state index in [-0.39, 0.29) is 114 Å². The maximum absolute atomic E-state index is 0. The van der Waals surface area contributed by atoms with Gasteiger partial charge in [-0.15, -0.1) is 0 Å². The van der Waals surface area contributed by atoms with Gasteiger partial charge in [-0.2, -0.15) is 0 Å². The van der Waals surface area contributed by atoms with Crippen molar-refractivity contribution >= 4 is 48.9 Å². The SMILES string of the molecule is [Ba+2].[F-].[F-].[F-].[K+]. The van der Waals surface area contributed by atoms with Gasteiger partial charge in [-0.05, 0) is 0 Å². The fourth-order valence-electron chi connectivity index (χ4n) is 0. The van der Waals surface area contributed by atoms with Crippen LogP contribution in [0.25, 0.3) is 0 Å². The fraction of sp³-hybridized carbons (Fsp3) is 0. The average molecular weight is 233 g/mol. The van der Waals surface area contributed by atoms with E-state index in [1.54, 1.807) is 0 Å². The summed E-state index contributed by atoms with van der Waals surface area (Å²) in [4.78, 5) is 0. The van der Waals surface area contributed by atoms with Crippen molar-refractivity contribution in [2.75, 3.05) is 0 Å². The van der Waals surface area contributed by atoms with Crippen LogP contribution in [-0.4, -0.2) is 48.9 Å². The van der Waals surface area contributed by atoms with Crippen molar-refractivity contribution in [2.24, 2.45) is 0 Å². The first-order valence-electron chi connectivity index (χ1n) is 0. The van der Waals surface area contributed by atoms with Gasteiger partial charge in [-0.3, -0.25) is 0 Å². The summed E-state index contributed by atoms with van der Waals surface area (Å²) in [7, 11) is 0. The monoisotopic (exact) mass is 234 g/mol. The molecule has 0 saturated carbocycles. The van der Waals surface area contributed by atoms with E-state index >= 15 is 0 Å². The molecule has 0 bridgehead atoms. The van der Waals surface area contributed by atoms with E-state index in [4.69, 9.17) is 0 Å². The third-order valence-electron chi connectivity index (χ3n) is 0. The van der Waals surface area contributed by atoms with Gasteiger partial charge in [-0.1, -0.05) is 0 Å². The van der Waals surface area contributed by atoms with E-state index in [2.05, 4.69) is 0 Å². The van der Waals surface area contributed by atoms with E-state index in [0.717, 1.165) is 0 Å². The molecular weight excluding hydrogens is 233 g/mol. The van der Waals surface area contributed by atoms with Gasteiger partial charge >= 0.3 is 100 Å². The Kier molecular flexibility index (Phi) is 244. The molecule has 0 unspecified atom stereocenters. The number of hydrogen-bond acceptors (Lipinski definition) is 0. The molecule has 0 rings (SSSR count). The van der Waals surface area contributed by atoms with Crippen molar-refractivity contribution in [3.8, 4) is 0 Å². The third kappa shape index (κ3) is 19.4. The van der Waals surface area contributed by atoms with Crippen LogP contribution in [0.3, 0.4) is 0 Å². The van der Waals surface area contributed by atoms with Crippen LogP contribution in [0.4, 0.5) is 0 Å². The van der Waals surface area contributed by atoms with Gasteiger partial charge in [0, 0.05) is 0 Å². The van der Waals surface area contributed by atoms with Crippen LogP contribution in [0.2, 0.25) is 0 Å². The molecule has 24 valence electrons. The van der Waals surface area contributed by atoms with Crippen molar-refractivity contribution in [3.63, 3.8) is 0 Å². The Morgan fingerprint density at radius 1 is 0.600 bits per heavy atom. The zero-order chi connectivity index (χ0) is 0. The van der Waals surface area contributed by atoms with E-state index in [1.807, 2.05) is 0 Å². The van der Waals surface area contributed by atoms with Crippen molar-refractivity contribution in [2.45, 2.75) is 0 Å². The molecule has 0 amide bonds. The Bertz CT molecular complexity index is 6.85. The van der Waals surface area contributed by atoms with Crippen LogP contribution in [-0.2, 0) is 0 Å². The molecule has 0 aliphatic heterocycles. The van der Waals surface area contributed by atoms with Crippen LogP contribution in [0.15, 0.2) is 0 Å². The largest absolute Gasteiger partial charge is 2.00 e. The third-order valence-corrected chi connectivity index (χ3v) is 0. The first kappa shape index (κ1) is 43.6. The molecular formula is BaF3K. The van der Waals surface area contributed by atoms with Gasteiger partial charge in [0.05, 0.1) is 0 Å². The Morgan fingerprint density at radius 2 is 0.600 bits per heavy atom. The molecule has 0 heterocycles. The summed E-state index contributed by atoms with van der Waals surface area (Å²) in [5.41, 5.74) is 0. The standard InChI is InChI=1S/Ba.3FH.K/h;3*1H;/q+2;;;;+1/p-3. The Hall–Kier alpha value is 3.00. The van der Waals surface area contributed by atoms with Gasteiger partial charge < -0.3 is 14.1 Å². The summed E-state index contributed by atoms with van der Waals surface area (Å²) in [5.74, 6) is 0.